The summed E-state index contributed by atoms with van der Waals surface area (Å²) >= 11 is 0. The minimum absolute atomic E-state index is 0.0763. The van der Waals surface area contributed by atoms with Gasteiger partial charge in [-0.2, -0.15) is 0 Å². The standard InChI is InChI=1S/C21H23N3O2/c1-2-15-3-5-16(6-4-15)20-14-24(11-12-26-20)21(25)23-18-7-8-19-17(13-18)9-10-22-19/h3-10,13,20,22H,2,11-12,14H2,1H3,(H,23,25)/t20-/m0/s1. The van der Waals surface area contributed by atoms with Gasteiger partial charge in [-0.15, -0.1) is 0 Å². The van der Waals surface area contributed by atoms with Crippen molar-refractivity contribution in [3.05, 3.63) is 65.9 Å². The Kier molecular flexibility index (Phi) is 4.63. The highest BCUT2D eigenvalue weighted by Gasteiger charge is 2.25. The van der Waals surface area contributed by atoms with Crippen molar-refractivity contribution >= 4 is 22.6 Å². The predicted octanol–water partition coefficient (Wildman–Crippen LogP) is 4.34. The first-order valence-corrected chi connectivity index (χ1v) is 9.06. The van der Waals surface area contributed by atoms with Crippen LogP contribution in [0.1, 0.15) is 24.2 Å². The van der Waals surface area contributed by atoms with E-state index < -0.39 is 0 Å². The molecule has 5 nitrogen and oxygen atoms in total. The number of aromatic amines is 1. The number of urea groups is 1. The van der Waals surface area contributed by atoms with E-state index >= 15 is 0 Å². The molecule has 2 amide bonds. The monoisotopic (exact) mass is 349 g/mol. The number of morpholine rings is 1. The number of fused-ring (bicyclic) bond motifs is 1. The van der Waals surface area contributed by atoms with Crippen LogP contribution in [0.2, 0.25) is 0 Å². The number of nitrogens with zero attached hydrogens (tertiary/aromatic N) is 1. The third-order valence-corrected chi connectivity index (χ3v) is 4.92. The van der Waals surface area contributed by atoms with Crippen molar-refractivity contribution in [1.29, 1.82) is 0 Å². The second kappa shape index (κ2) is 7.22. The molecular formula is C21H23N3O2. The molecule has 1 atom stereocenters. The van der Waals surface area contributed by atoms with Crippen molar-refractivity contribution in [3.8, 4) is 0 Å². The molecule has 4 rings (SSSR count). The molecule has 0 spiro atoms. The molecular weight excluding hydrogens is 326 g/mol. The normalized spacial score (nSPS) is 17.4. The van der Waals surface area contributed by atoms with Gasteiger partial charge >= 0.3 is 6.03 Å². The first-order valence-electron chi connectivity index (χ1n) is 9.06. The van der Waals surface area contributed by atoms with Crippen LogP contribution in [-0.2, 0) is 11.2 Å². The van der Waals surface area contributed by atoms with E-state index in [0.717, 1.165) is 28.6 Å². The van der Waals surface area contributed by atoms with Gasteiger partial charge in [0.2, 0.25) is 0 Å². The highest BCUT2D eigenvalue weighted by molar-refractivity contribution is 5.92. The molecule has 3 aromatic rings. The Labute approximate surface area is 153 Å². The Hall–Kier alpha value is -2.79. The first kappa shape index (κ1) is 16.7. The fraction of sp³-hybridized carbons (Fsp3) is 0.286. The molecule has 2 N–H and O–H groups in total. The zero-order valence-electron chi connectivity index (χ0n) is 14.9. The maximum absolute atomic E-state index is 12.7. The summed E-state index contributed by atoms with van der Waals surface area (Å²) in [5.74, 6) is 0. The van der Waals surface area contributed by atoms with Gasteiger partial charge in [0.05, 0.1) is 13.2 Å². The van der Waals surface area contributed by atoms with Gasteiger partial charge in [-0.05, 0) is 41.8 Å². The average molecular weight is 349 g/mol. The number of aromatic nitrogens is 1. The van der Waals surface area contributed by atoms with Crippen LogP contribution in [0.5, 0.6) is 0 Å². The van der Waals surface area contributed by atoms with E-state index in [9.17, 15) is 4.79 Å². The largest absolute Gasteiger partial charge is 0.370 e. The van der Waals surface area contributed by atoms with Gasteiger partial charge in [-0.3, -0.25) is 0 Å². The summed E-state index contributed by atoms with van der Waals surface area (Å²) in [4.78, 5) is 17.6. The Bertz CT molecular complexity index is 901. The quantitative estimate of drug-likeness (QED) is 0.739. The van der Waals surface area contributed by atoms with Gasteiger partial charge in [0.15, 0.2) is 0 Å². The Balaban J connectivity index is 1.43. The number of anilines is 1. The summed E-state index contributed by atoms with van der Waals surface area (Å²) in [7, 11) is 0. The highest BCUT2D eigenvalue weighted by Crippen LogP contribution is 2.24. The van der Waals surface area contributed by atoms with Crippen LogP contribution < -0.4 is 5.32 Å². The molecule has 1 fully saturated rings. The lowest BCUT2D eigenvalue weighted by Crippen LogP contribution is -2.44. The van der Waals surface area contributed by atoms with Crippen LogP contribution in [0.3, 0.4) is 0 Å². The number of hydrogen-bond donors (Lipinski definition) is 2. The van der Waals surface area contributed by atoms with E-state index in [1.165, 1.54) is 5.56 Å². The number of carbonyl (C=O) groups excluding carboxylic acids is 1. The van der Waals surface area contributed by atoms with E-state index in [1.54, 1.807) is 0 Å². The lowest BCUT2D eigenvalue weighted by molar-refractivity contribution is -0.0135. The van der Waals surface area contributed by atoms with Gasteiger partial charge in [-0.1, -0.05) is 31.2 Å². The summed E-state index contributed by atoms with van der Waals surface area (Å²) in [6.45, 7) is 3.85. The van der Waals surface area contributed by atoms with Crippen LogP contribution >= 0.6 is 0 Å². The molecule has 0 aliphatic carbocycles. The van der Waals surface area contributed by atoms with Gasteiger partial charge in [-0.25, -0.2) is 4.79 Å². The van der Waals surface area contributed by atoms with Gasteiger partial charge in [0.1, 0.15) is 6.10 Å². The molecule has 1 saturated heterocycles. The Morgan fingerprint density at radius 3 is 2.88 bits per heavy atom. The number of hydrogen-bond acceptors (Lipinski definition) is 2. The number of rotatable bonds is 3. The molecule has 0 bridgehead atoms. The van der Waals surface area contributed by atoms with Crippen molar-refractivity contribution in [2.24, 2.45) is 0 Å². The summed E-state index contributed by atoms with van der Waals surface area (Å²) in [5.41, 5.74) is 4.29. The molecule has 2 aromatic carbocycles. The maximum Gasteiger partial charge on any atom is 0.322 e. The van der Waals surface area contributed by atoms with E-state index in [-0.39, 0.29) is 12.1 Å². The van der Waals surface area contributed by atoms with Crippen LogP contribution in [0.4, 0.5) is 10.5 Å². The Morgan fingerprint density at radius 1 is 1.23 bits per heavy atom. The number of aryl methyl sites for hydroxylation is 1. The van der Waals surface area contributed by atoms with Gasteiger partial charge < -0.3 is 19.9 Å². The molecule has 0 radical (unpaired) electrons. The predicted molar refractivity (Wildman–Crippen MR) is 103 cm³/mol. The van der Waals surface area contributed by atoms with E-state index in [1.807, 2.05) is 35.4 Å². The van der Waals surface area contributed by atoms with E-state index in [4.69, 9.17) is 4.74 Å². The molecule has 0 saturated carbocycles. The molecule has 5 heteroatoms. The van der Waals surface area contributed by atoms with Crippen LogP contribution in [0, 0.1) is 0 Å². The van der Waals surface area contributed by atoms with E-state index in [2.05, 4.69) is 41.5 Å². The molecule has 134 valence electrons. The smallest absolute Gasteiger partial charge is 0.322 e. The molecule has 0 unspecified atom stereocenters. The first-order chi connectivity index (χ1) is 12.7. The topological polar surface area (TPSA) is 57.4 Å². The number of benzene rings is 2. The van der Waals surface area contributed by atoms with Crippen molar-refractivity contribution in [1.82, 2.24) is 9.88 Å². The number of amides is 2. The molecule has 1 aromatic heterocycles. The number of carbonyl (C=O) groups is 1. The number of nitrogens with one attached hydrogen (secondary N) is 2. The van der Waals surface area contributed by atoms with Crippen molar-refractivity contribution < 1.29 is 9.53 Å². The summed E-state index contributed by atoms with van der Waals surface area (Å²) in [6, 6.07) is 16.2. The molecule has 1 aliphatic heterocycles. The van der Waals surface area contributed by atoms with Crippen molar-refractivity contribution in [3.63, 3.8) is 0 Å². The number of H-pyrrole nitrogens is 1. The lowest BCUT2D eigenvalue weighted by atomic mass is 10.0. The van der Waals surface area contributed by atoms with Crippen LogP contribution in [0.15, 0.2) is 54.7 Å². The number of ether oxygens (including phenoxy) is 1. The van der Waals surface area contributed by atoms with Gasteiger partial charge in [0.25, 0.3) is 0 Å². The van der Waals surface area contributed by atoms with Crippen LogP contribution in [0.25, 0.3) is 10.9 Å². The molecule has 2 heterocycles. The Morgan fingerprint density at radius 2 is 2.08 bits per heavy atom. The van der Waals surface area contributed by atoms with Crippen molar-refractivity contribution in [2.75, 3.05) is 25.0 Å². The molecule has 1 aliphatic rings. The zero-order chi connectivity index (χ0) is 17.9. The fourth-order valence-electron chi connectivity index (χ4n) is 3.34. The summed E-state index contributed by atoms with van der Waals surface area (Å²) in [6.07, 6.45) is 2.84. The third-order valence-electron chi connectivity index (χ3n) is 4.92. The minimum atomic E-state index is -0.0848. The zero-order valence-corrected chi connectivity index (χ0v) is 14.9. The minimum Gasteiger partial charge on any atom is -0.370 e. The van der Waals surface area contributed by atoms with E-state index in [0.29, 0.717) is 19.7 Å². The second-order valence-corrected chi connectivity index (χ2v) is 6.61. The van der Waals surface area contributed by atoms with Crippen LogP contribution in [-0.4, -0.2) is 35.6 Å². The highest BCUT2D eigenvalue weighted by atomic mass is 16.5. The lowest BCUT2D eigenvalue weighted by Gasteiger charge is -2.33. The summed E-state index contributed by atoms with van der Waals surface area (Å²) in [5, 5.41) is 4.08. The third kappa shape index (κ3) is 3.44. The second-order valence-electron chi connectivity index (χ2n) is 6.61. The molecule has 26 heavy (non-hydrogen) atoms. The van der Waals surface area contributed by atoms with Crippen molar-refractivity contribution in [2.45, 2.75) is 19.4 Å². The maximum atomic E-state index is 12.7. The fourth-order valence-corrected chi connectivity index (χ4v) is 3.34. The average Bonchev–Trinajstić information content (AvgIpc) is 3.16. The summed E-state index contributed by atoms with van der Waals surface area (Å²) < 4.78 is 5.89. The van der Waals surface area contributed by atoms with Gasteiger partial charge in [0, 0.05) is 29.3 Å². The SMILES string of the molecule is CCc1ccc([C@@H]2CN(C(=O)Nc3ccc4[nH]ccc4c3)CCO2)cc1.